The van der Waals surface area contributed by atoms with Crippen molar-refractivity contribution in [2.45, 2.75) is 24.7 Å². The predicted molar refractivity (Wildman–Crippen MR) is 79.3 cm³/mol. The number of piperidine rings is 1. The van der Waals surface area contributed by atoms with Crippen LogP contribution in [0.1, 0.15) is 23.8 Å². The van der Waals surface area contributed by atoms with Gasteiger partial charge in [0.2, 0.25) is 0 Å². The maximum Gasteiger partial charge on any atom is 0.170 e. The first-order chi connectivity index (χ1) is 9.22. The Bertz CT molecular complexity index is 424. The third-order valence-electron chi connectivity index (χ3n) is 3.96. The van der Waals surface area contributed by atoms with Crippen molar-refractivity contribution < 1.29 is 9.47 Å². The monoisotopic (exact) mass is 346 g/mol. The molecule has 0 aliphatic carbocycles. The van der Waals surface area contributed by atoms with Crippen LogP contribution < -0.4 is 5.73 Å². The van der Waals surface area contributed by atoms with Gasteiger partial charge in [-0.2, -0.15) is 0 Å². The van der Waals surface area contributed by atoms with Gasteiger partial charge in [-0.1, -0.05) is 0 Å². The average molecular weight is 347 g/mol. The maximum atomic E-state index is 5.98. The van der Waals surface area contributed by atoms with Gasteiger partial charge in [-0.05, 0) is 28.1 Å². The molecule has 3 heterocycles. The minimum absolute atomic E-state index is 0.300. The Hall–Kier alpha value is 0.0200. The molecule has 0 amide bonds. The fourth-order valence-corrected chi connectivity index (χ4v) is 4.49. The van der Waals surface area contributed by atoms with Crippen LogP contribution in [0.15, 0.2) is 15.9 Å². The van der Waals surface area contributed by atoms with E-state index in [0.29, 0.717) is 12.6 Å². The predicted octanol–water partition coefficient (Wildman–Crippen LogP) is 2.35. The van der Waals surface area contributed by atoms with Gasteiger partial charge in [-0.25, -0.2) is 0 Å². The Morgan fingerprint density at radius 3 is 2.53 bits per heavy atom. The van der Waals surface area contributed by atoms with E-state index in [-0.39, 0.29) is 5.79 Å². The zero-order valence-electron chi connectivity index (χ0n) is 10.8. The van der Waals surface area contributed by atoms with Crippen LogP contribution in [0.5, 0.6) is 0 Å². The third kappa shape index (κ3) is 2.89. The van der Waals surface area contributed by atoms with E-state index in [1.807, 2.05) is 0 Å². The lowest BCUT2D eigenvalue weighted by Crippen LogP contribution is -2.47. The SMILES string of the molecule is NCC(c1ccc(Br)s1)N1CCC2(CC1)OCCO2. The summed E-state index contributed by atoms with van der Waals surface area (Å²) in [5.74, 6) is -0.300. The van der Waals surface area contributed by atoms with Crippen LogP contribution in [0.25, 0.3) is 0 Å². The number of nitrogens with zero attached hydrogens (tertiary/aromatic N) is 1. The van der Waals surface area contributed by atoms with Gasteiger partial charge in [0, 0.05) is 37.4 Å². The molecule has 2 aliphatic heterocycles. The van der Waals surface area contributed by atoms with Crippen LogP contribution in [0.4, 0.5) is 0 Å². The van der Waals surface area contributed by atoms with Crippen molar-refractivity contribution in [3.63, 3.8) is 0 Å². The molecule has 0 aromatic carbocycles. The van der Waals surface area contributed by atoms with Crippen LogP contribution in [0.3, 0.4) is 0 Å². The second kappa shape index (κ2) is 5.79. The van der Waals surface area contributed by atoms with Crippen molar-refractivity contribution in [2.24, 2.45) is 5.73 Å². The number of hydrogen-bond donors (Lipinski definition) is 1. The first-order valence-corrected chi connectivity index (χ1v) is 8.31. The van der Waals surface area contributed by atoms with Gasteiger partial charge in [0.1, 0.15) is 0 Å². The van der Waals surface area contributed by atoms with Crippen molar-refractivity contribution in [3.05, 3.63) is 20.8 Å². The number of hydrogen-bond acceptors (Lipinski definition) is 5. The fourth-order valence-electron chi connectivity index (χ4n) is 2.91. The molecule has 1 aromatic rings. The molecule has 0 saturated carbocycles. The molecule has 0 bridgehead atoms. The smallest absolute Gasteiger partial charge is 0.170 e. The second-order valence-electron chi connectivity index (χ2n) is 5.04. The molecule has 0 radical (unpaired) electrons. The van der Waals surface area contributed by atoms with E-state index in [1.54, 1.807) is 11.3 Å². The Morgan fingerprint density at radius 2 is 2.00 bits per heavy atom. The van der Waals surface area contributed by atoms with E-state index in [2.05, 4.69) is 33.0 Å². The van der Waals surface area contributed by atoms with Crippen LogP contribution in [-0.2, 0) is 9.47 Å². The van der Waals surface area contributed by atoms with Crippen LogP contribution in [0, 0.1) is 0 Å². The van der Waals surface area contributed by atoms with Crippen molar-refractivity contribution in [1.82, 2.24) is 4.90 Å². The summed E-state index contributed by atoms with van der Waals surface area (Å²) in [7, 11) is 0. The molecule has 1 atom stereocenters. The lowest BCUT2D eigenvalue weighted by atomic mass is 10.0. The molecule has 106 valence electrons. The summed E-state index contributed by atoms with van der Waals surface area (Å²) in [6, 6.07) is 4.58. The molecule has 1 spiro atoms. The molecule has 2 aliphatic rings. The molecule has 2 saturated heterocycles. The maximum absolute atomic E-state index is 5.98. The first-order valence-electron chi connectivity index (χ1n) is 6.70. The minimum Gasteiger partial charge on any atom is -0.347 e. The third-order valence-corrected chi connectivity index (χ3v) is 5.68. The molecular weight excluding hydrogens is 328 g/mol. The minimum atomic E-state index is -0.300. The number of rotatable bonds is 3. The van der Waals surface area contributed by atoms with Crippen LogP contribution in [-0.4, -0.2) is 43.5 Å². The quantitative estimate of drug-likeness (QED) is 0.912. The molecule has 2 fully saturated rings. The molecule has 1 aromatic heterocycles. The number of nitrogens with two attached hydrogens (primary N) is 1. The van der Waals surface area contributed by atoms with Crippen LogP contribution in [0.2, 0.25) is 0 Å². The summed E-state index contributed by atoms with van der Waals surface area (Å²) in [5, 5.41) is 0. The molecule has 3 rings (SSSR count). The highest BCUT2D eigenvalue weighted by molar-refractivity contribution is 9.11. The molecular formula is C13H19BrN2O2S. The van der Waals surface area contributed by atoms with Gasteiger partial charge in [0.15, 0.2) is 5.79 Å². The van der Waals surface area contributed by atoms with Gasteiger partial charge in [0.05, 0.1) is 23.0 Å². The molecule has 4 nitrogen and oxygen atoms in total. The summed E-state index contributed by atoms with van der Waals surface area (Å²) < 4.78 is 12.7. The summed E-state index contributed by atoms with van der Waals surface area (Å²) in [6.07, 6.45) is 1.88. The summed E-state index contributed by atoms with van der Waals surface area (Å²) in [5.41, 5.74) is 5.98. The summed E-state index contributed by atoms with van der Waals surface area (Å²) in [6.45, 7) is 4.09. The zero-order valence-corrected chi connectivity index (χ0v) is 13.2. The fraction of sp³-hybridized carbons (Fsp3) is 0.692. The van der Waals surface area contributed by atoms with E-state index in [4.69, 9.17) is 15.2 Å². The van der Waals surface area contributed by atoms with E-state index in [0.717, 1.165) is 42.9 Å². The second-order valence-corrected chi connectivity index (χ2v) is 7.53. The average Bonchev–Trinajstić information content (AvgIpc) is 3.03. The van der Waals surface area contributed by atoms with E-state index < -0.39 is 0 Å². The van der Waals surface area contributed by atoms with E-state index in [9.17, 15) is 0 Å². The van der Waals surface area contributed by atoms with Gasteiger partial charge in [-0.3, -0.25) is 4.90 Å². The lowest BCUT2D eigenvalue weighted by Gasteiger charge is -2.40. The Kier molecular flexibility index (Phi) is 4.26. The zero-order chi connectivity index (χ0) is 13.3. The van der Waals surface area contributed by atoms with E-state index in [1.165, 1.54) is 4.88 Å². The Morgan fingerprint density at radius 1 is 1.32 bits per heavy atom. The van der Waals surface area contributed by atoms with Gasteiger partial charge in [0.25, 0.3) is 0 Å². The molecule has 19 heavy (non-hydrogen) atoms. The number of ether oxygens (including phenoxy) is 2. The largest absolute Gasteiger partial charge is 0.347 e. The summed E-state index contributed by atoms with van der Waals surface area (Å²) >= 11 is 5.29. The normalized spacial score (nSPS) is 24.9. The van der Waals surface area contributed by atoms with E-state index >= 15 is 0 Å². The standard InChI is InChI=1S/C13H19BrN2O2S/c14-12-2-1-11(19-12)10(9-15)16-5-3-13(4-6-16)17-7-8-18-13/h1-2,10H,3-9,15H2. The summed E-state index contributed by atoms with van der Waals surface area (Å²) in [4.78, 5) is 3.78. The number of thiophene rings is 1. The molecule has 2 N–H and O–H groups in total. The van der Waals surface area contributed by atoms with Crippen LogP contribution >= 0.6 is 27.3 Å². The van der Waals surface area contributed by atoms with Crippen molar-refractivity contribution in [3.8, 4) is 0 Å². The van der Waals surface area contributed by atoms with Crippen molar-refractivity contribution >= 4 is 27.3 Å². The highest BCUT2D eigenvalue weighted by Crippen LogP contribution is 2.36. The first kappa shape index (κ1) is 14.0. The van der Waals surface area contributed by atoms with Crippen molar-refractivity contribution in [2.75, 3.05) is 32.8 Å². The molecule has 6 heteroatoms. The molecule has 1 unspecified atom stereocenters. The van der Waals surface area contributed by atoms with Gasteiger partial charge in [-0.15, -0.1) is 11.3 Å². The highest BCUT2D eigenvalue weighted by atomic mass is 79.9. The van der Waals surface area contributed by atoms with Gasteiger partial charge >= 0.3 is 0 Å². The van der Waals surface area contributed by atoms with Gasteiger partial charge < -0.3 is 15.2 Å². The highest BCUT2D eigenvalue weighted by Gasteiger charge is 2.41. The Labute approximate surface area is 126 Å². The van der Waals surface area contributed by atoms with Crippen molar-refractivity contribution in [1.29, 1.82) is 0 Å². The topological polar surface area (TPSA) is 47.7 Å². The number of halogens is 1. The Balaban J connectivity index is 1.66. The number of likely N-dealkylation sites (tertiary alicyclic amines) is 1. The lowest BCUT2D eigenvalue weighted by molar-refractivity contribution is -0.187.